The van der Waals surface area contributed by atoms with Gasteiger partial charge in [-0.25, -0.2) is 0 Å². The third-order valence-electron chi connectivity index (χ3n) is 4.05. The van der Waals surface area contributed by atoms with Crippen molar-refractivity contribution in [2.45, 2.75) is 19.8 Å². The molecule has 0 unspecified atom stereocenters. The Morgan fingerprint density at radius 2 is 1.96 bits per heavy atom. The van der Waals surface area contributed by atoms with E-state index in [9.17, 15) is 9.59 Å². The van der Waals surface area contributed by atoms with Crippen LogP contribution in [0.2, 0.25) is 0 Å². The molecule has 1 aromatic carbocycles. The van der Waals surface area contributed by atoms with Crippen LogP contribution in [0.4, 0.5) is 5.69 Å². The Hall–Kier alpha value is -1.92. The molecule has 1 saturated heterocycles. The number of thioether (sulfide) groups is 1. The number of carbonyl (C=O) groups excluding carboxylic acids is 2. The fourth-order valence-electron chi connectivity index (χ4n) is 2.87. The highest BCUT2D eigenvalue weighted by atomic mass is 32.2. The summed E-state index contributed by atoms with van der Waals surface area (Å²) in [6.45, 7) is 6.80. The smallest absolute Gasteiger partial charge is 0.267 e. The van der Waals surface area contributed by atoms with Crippen LogP contribution in [-0.2, 0) is 9.59 Å². The minimum absolute atomic E-state index is 0.156. The molecule has 24 heavy (non-hydrogen) atoms. The number of hydrogen-bond donors (Lipinski definition) is 0. The number of fused-ring (bicyclic) bond motifs is 1. The predicted molar refractivity (Wildman–Crippen MR) is 103 cm³/mol. The second kappa shape index (κ2) is 6.91. The van der Waals surface area contributed by atoms with Crippen LogP contribution in [0.1, 0.15) is 25.3 Å². The molecule has 2 heterocycles. The minimum Gasteiger partial charge on any atom is -0.304 e. The highest BCUT2D eigenvalue weighted by molar-refractivity contribution is 8.26. The van der Waals surface area contributed by atoms with Crippen molar-refractivity contribution in [2.24, 2.45) is 0 Å². The van der Waals surface area contributed by atoms with E-state index in [4.69, 9.17) is 12.2 Å². The van der Waals surface area contributed by atoms with Gasteiger partial charge in [0.05, 0.1) is 16.2 Å². The minimum atomic E-state index is -0.160. The number of unbranched alkanes of at least 4 members (excludes halogenated alkanes) is 1. The van der Waals surface area contributed by atoms with Gasteiger partial charge in [-0.1, -0.05) is 61.6 Å². The van der Waals surface area contributed by atoms with E-state index in [-0.39, 0.29) is 11.8 Å². The van der Waals surface area contributed by atoms with Crippen molar-refractivity contribution in [1.82, 2.24) is 4.90 Å². The summed E-state index contributed by atoms with van der Waals surface area (Å²) in [5.74, 6) is -0.316. The number of hydrogen-bond acceptors (Lipinski definition) is 4. The zero-order valence-electron chi connectivity index (χ0n) is 13.4. The average Bonchev–Trinajstić information content (AvgIpc) is 3.01. The lowest BCUT2D eigenvalue weighted by atomic mass is 10.1. The number of rotatable bonds is 5. The van der Waals surface area contributed by atoms with Gasteiger partial charge in [-0.05, 0) is 12.5 Å². The van der Waals surface area contributed by atoms with Gasteiger partial charge in [0.2, 0.25) is 0 Å². The molecule has 124 valence electrons. The molecule has 1 aromatic rings. The average molecular weight is 358 g/mol. The van der Waals surface area contributed by atoms with Gasteiger partial charge in [0.1, 0.15) is 4.32 Å². The van der Waals surface area contributed by atoms with Gasteiger partial charge in [0.15, 0.2) is 0 Å². The van der Waals surface area contributed by atoms with Crippen molar-refractivity contribution in [2.75, 3.05) is 18.0 Å². The van der Waals surface area contributed by atoms with Crippen LogP contribution < -0.4 is 4.90 Å². The van der Waals surface area contributed by atoms with Crippen molar-refractivity contribution in [3.63, 3.8) is 0 Å². The molecule has 2 aliphatic rings. The number of anilines is 1. The molecule has 3 rings (SSSR count). The highest BCUT2D eigenvalue weighted by Crippen LogP contribution is 2.44. The van der Waals surface area contributed by atoms with Gasteiger partial charge < -0.3 is 4.90 Å². The third kappa shape index (κ3) is 2.70. The second-order valence-corrected chi connectivity index (χ2v) is 7.25. The van der Waals surface area contributed by atoms with Crippen molar-refractivity contribution in [1.29, 1.82) is 0 Å². The summed E-state index contributed by atoms with van der Waals surface area (Å²) >= 11 is 6.59. The van der Waals surface area contributed by atoms with Gasteiger partial charge in [0.25, 0.3) is 11.8 Å². The zero-order valence-corrected chi connectivity index (χ0v) is 15.1. The maximum atomic E-state index is 12.9. The van der Waals surface area contributed by atoms with Crippen LogP contribution in [0.3, 0.4) is 0 Å². The first-order chi connectivity index (χ1) is 11.6. The van der Waals surface area contributed by atoms with Crippen molar-refractivity contribution in [3.8, 4) is 0 Å². The van der Waals surface area contributed by atoms with Crippen molar-refractivity contribution < 1.29 is 9.59 Å². The third-order valence-corrected chi connectivity index (χ3v) is 5.49. The molecule has 0 N–H and O–H groups in total. The number of carbonyl (C=O) groups is 2. The molecule has 0 bridgehead atoms. The normalized spacial score (nSPS) is 20.1. The van der Waals surface area contributed by atoms with E-state index in [2.05, 4.69) is 13.5 Å². The molecule has 6 heteroatoms. The van der Waals surface area contributed by atoms with E-state index in [1.165, 1.54) is 11.8 Å². The SMILES string of the molecule is C=CCN1C(=O)/C(=C2/SC(=S)N(CCCC)C2=O)c2ccccc21. The zero-order chi connectivity index (χ0) is 17.3. The van der Waals surface area contributed by atoms with Crippen LogP contribution in [0, 0.1) is 0 Å². The summed E-state index contributed by atoms with van der Waals surface area (Å²) in [4.78, 5) is 29.4. The number of para-hydroxylation sites is 1. The van der Waals surface area contributed by atoms with Gasteiger partial charge in [0, 0.05) is 18.7 Å². The summed E-state index contributed by atoms with van der Waals surface area (Å²) in [5.41, 5.74) is 2.07. The topological polar surface area (TPSA) is 40.6 Å². The Kier molecular flexibility index (Phi) is 4.87. The Labute approximate surface area is 151 Å². The summed E-state index contributed by atoms with van der Waals surface area (Å²) in [6.07, 6.45) is 3.56. The fourth-order valence-corrected chi connectivity index (χ4v) is 4.25. The monoisotopic (exact) mass is 358 g/mol. The van der Waals surface area contributed by atoms with Crippen LogP contribution in [0.5, 0.6) is 0 Å². The first kappa shape index (κ1) is 16.9. The molecule has 1 fully saturated rings. The van der Waals surface area contributed by atoms with Crippen molar-refractivity contribution in [3.05, 3.63) is 47.4 Å². The quantitative estimate of drug-likeness (QED) is 0.458. The Morgan fingerprint density at radius 1 is 1.21 bits per heavy atom. The fraction of sp³-hybridized carbons (Fsp3) is 0.278. The summed E-state index contributed by atoms with van der Waals surface area (Å²) in [6, 6.07) is 7.53. The summed E-state index contributed by atoms with van der Waals surface area (Å²) < 4.78 is 0.531. The molecule has 0 saturated carbocycles. The van der Waals surface area contributed by atoms with E-state index in [1.807, 2.05) is 24.3 Å². The maximum absolute atomic E-state index is 12.9. The molecule has 0 atom stereocenters. The standard InChI is InChI=1S/C18H18N2O2S2/c1-3-5-11-20-17(22)15(24-18(20)23)14-12-8-6-7-9-13(12)19(10-4-2)16(14)21/h4,6-9H,2-3,5,10-11H2,1H3/b15-14+. The number of amides is 2. The molecular formula is C18H18N2O2S2. The van der Waals surface area contributed by atoms with E-state index in [1.54, 1.807) is 15.9 Å². The first-order valence-corrected chi connectivity index (χ1v) is 9.12. The molecule has 0 radical (unpaired) electrons. The van der Waals surface area contributed by atoms with Crippen LogP contribution in [0.15, 0.2) is 41.8 Å². The molecule has 2 aliphatic heterocycles. The lowest BCUT2D eigenvalue weighted by molar-refractivity contribution is -0.122. The van der Waals surface area contributed by atoms with Gasteiger partial charge >= 0.3 is 0 Å². The van der Waals surface area contributed by atoms with Gasteiger partial charge in [-0.15, -0.1) is 6.58 Å². The summed E-state index contributed by atoms with van der Waals surface area (Å²) in [5, 5.41) is 0. The molecule has 4 nitrogen and oxygen atoms in total. The molecular weight excluding hydrogens is 340 g/mol. The second-order valence-electron chi connectivity index (χ2n) is 5.60. The Balaban J connectivity index is 2.06. The number of thiocarbonyl (C=S) groups is 1. The highest BCUT2D eigenvalue weighted by Gasteiger charge is 2.41. The number of benzene rings is 1. The van der Waals surface area contributed by atoms with Crippen molar-refractivity contribution >= 4 is 51.4 Å². The van der Waals surface area contributed by atoms with E-state index in [0.717, 1.165) is 24.1 Å². The maximum Gasteiger partial charge on any atom is 0.267 e. The Morgan fingerprint density at radius 3 is 2.67 bits per heavy atom. The van der Waals surface area contributed by atoms with Crippen LogP contribution in [0.25, 0.3) is 5.57 Å². The van der Waals surface area contributed by atoms with E-state index < -0.39 is 0 Å². The molecule has 0 aromatic heterocycles. The number of nitrogens with zero attached hydrogens (tertiary/aromatic N) is 2. The van der Waals surface area contributed by atoms with Crippen LogP contribution in [-0.4, -0.2) is 34.1 Å². The summed E-state index contributed by atoms with van der Waals surface area (Å²) in [7, 11) is 0. The van der Waals surface area contributed by atoms with Gasteiger partial charge in [-0.2, -0.15) is 0 Å². The van der Waals surface area contributed by atoms with E-state index in [0.29, 0.717) is 27.9 Å². The van der Waals surface area contributed by atoms with Gasteiger partial charge in [-0.3, -0.25) is 14.5 Å². The molecule has 2 amide bonds. The van der Waals surface area contributed by atoms with Crippen LogP contribution >= 0.6 is 24.0 Å². The predicted octanol–water partition coefficient (Wildman–Crippen LogP) is 3.59. The molecule has 0 aliphatic carbocycles. The lowest BCUT2D eigenvalue weighted by Gasteiger charge is -2.14. The molecule has 0 spiro atoms. The largest absolute Gasteiger partial charge is 0.304 e. The Bertz CT molecular complexity index is 770. The lowest BCUT2D eigenvalue weighted by Crippen LogP contribution is -2.30. The first-order valence-electron chi connectivity index (χ1n) is 7.90. The van der Waals surface area contributed by atoms with E-state index >= 15 is 0 Å².